The summed E-state index contributed by atoms with van der Waals surface area (Å²) in [6.07, 6.45) is -2.62. The maximum atomic E-state index is 12.5. The fourth-order valence-electron chi connectivity index (χ4n) is 1.26. The lowest BCUT2D eigenvalue weighted by Crippen LogP contribution is -2.08. The monoisotopic (exact) mass is 202 g/mol. The lowest BCUT2D eigenvalue weighted by molar-refractivity contribution is 0.144. The van der Waals surface area contributed by atoms with Gasteiger partial charge in [-0.2, -0.15) is 0 Å². The highest BCUT2D eigenvalue weighted by atomic mass is 19.3. The highest BCUT2D eigenvalue weighted by molar-refractivity contribution is 5.38. The predicted octanol–water partition coefficient (Wildman–Crippen LogP) is 1.79. The average Bonchev–Trinajstić information content (AvgIpc) is 2.16. The zero-order chi connectivity index (χ0) is 10.7. The van der Waals surface area contributed by atoms with Crippen molar-refractivity contribution in [1.82, 2.24) is 4.98 Å². The van der Waals surface area contributed by atoms with Gasteiger partial charge in [0.15, 0.2) is 0 Å². The summed E-state index contributed by atoms with van der Waals surface area (Å²) < 4.78 is 30.0. The van der Waals surface area contributed by atoms with Crippen molar-refractivity contribution in [3.05, 3.63) is 23.0 Å². The minimum absolute atomic E-state index is 0.00384. The minimum atomic E-state index is -2.62. The summed E-state index contributed by atoms with van der Waals surface area (Å²) in [7, 11) is 1.42. The van der Waals surface area contributed by atoms with Crippen molar-refractivity contribution in [1.29, 1.82) is 0 Å². The number of methoxy groups -OCH3 is 1. The van der Waals surface area contributed by atoms with Gasteiger partial charge in [0.2, 0.25) is 0 Å². The van der Waals surface area contributed by atoms with Crippen LogP contribution < -0.4 is 10.5 Å². The first kappa shape index (κ1) is 10.8. The molecule has 0 aliphatic rings. The summed E-state index contributed by atoms with van der Waals surface area (Å²) in [6.45, 7) is 1.63. The molecule has 5 heteroatoms. The number of halogens is 2. The van der Waals surface area contributed by atoms with Crippen LogP contribution in [0.15, 0.2) is 6.07 Å². The van der Waals surface area contributed by atoms with E-state index in [1.807, 2.05) is 0 Å². The van der Waals surface area contributed by atoms with E-state index in [1.54, 1.807) is 13.0 Å². The van der Waals surface area contributed by atoms with Gasteiger partial charge in [0, 0.05) is 23.9 Å². The third kappa shape index (κ3) is 1.98. The molecule has 1 rings (SSSR count). The Morgan fingerprint density at radius 1 is 1.57 bits per heavy atom. The van der Waals surface area contributed by atoms with Crippen LogP contribution in [0.2, 0.25) is 0 Å². The van der Waals surface area contributed by atoms with Gasteiger partial charge < -0.3 is 10.5 Å². The summed E-state index contributed by atoms with van der Waals surface area (Å²) in [4.78, 5) is 3.74. The molecule has 0 unspecified atom stereocenters. The predicted molar refractivity (Wildman–Crippen MR) is 48.4 cm³/mol. The molecule has 0 saturated carbocycles. The van der Waals surface area contributed by atoms with Gasteiger partial charge in [-0.1, -0.05) is 0 Å². The van der Waals surface area contributed by atoms with Crippen LogP contribution in [-0.2, 0) is 6.54 Å². The van der Waals surface area contributed by atoms with Gasteiger partial charge in [-0.15, -0.1) is 0 Å². The molecule has 0 spiro atoms. The lowest BCUT2D eigenvalue weighted by atomic mass is 10.1. The topological polar surface area (TPSA) is 48.1 Å². The molecule has 0 radical (unpaired) electrons. The molecule has 1 aromatic rings. The molecule has 3 nitrogen and oxygen atoms in total. The third-order valence-electron chi connectivity index (χ3n) is 1.87. The van der Waals surface area contributed by atoms with Crippen molar-refractivity contribution in [2.45, 2.75) is 19.9 Å². The number of hydrogen-bond donors (Lipinski definition) is 1. The molecule has 0 bridgehead atoms. The molecule has 14 heavy (non-hydrogen) atoms. The minimum Gasteiger partial charge on any atom is -0.496 e. The summed E-state index contributed by atoms with van der Waals surface area (Å²) >= 11 is 0. The highest BCUT2D eigenvalue weighted by Crippen LogP contribution is 2.28. The molecular formula is C9H12F2N2O. The molecule has 1 heterocycles. The molecule has 0 aliphatic carbocycles. The van der Waals surface area contributed by atoms with Crippen LogP contribution in [0.25, 0.3) is 0 Å². The number of aryl methyl sites for hydroxylation is 1. The first-order valence-electron chi connectivity index (χ1n) is 4.12. The number of aromatic nitrogens is 1. The quantitative estimate of drug-likeness (QED) is 0.812. The number of ether oxygens (including phenoxy) is 1. The van der Waals surface area contributed by atoms with Crippen LogP contribution in [0.4, 0.5) is 8.78 Å². The van der Waals surface area contributed by atoms with Crippen molar-refractivity contribution >= 4 is 0 Å². The normalized spacial score (nSPS) is 10.7. The first-order chi connectivity index (χ1) is 6.60. The van der Waals surface area contributed by atoms with Crippen LogP contribution in [0.3, 0.4) is 0 Å². The summed E-state index contributed by atoms with van der Waals surface area (Å²) in [6, 6.07) is 1.59. The van der Waals surface area contributed by atoms with E-state index in [1.165, 1.54) is 7.11 Å². The molecule has 0 fully saturated rings. The van der Waals surface area contributed by atoms with E-state index < -0.39 is 6.43 Å². The third-order valence-corrected chi connectivity index (χ3v) is 1.87. The number of nitrogens with two attached hydrogens (primary N) is 1. The Kier molecular flexibility index (Phi) is 3.35. The van der Waals surface area contributed by atoms with Gasteiger partial charge in [-0.05, 0) is 6.92 Å². The maximum absolute atomic E-state index is 12.5. The van der Waals surface area contributed by atoms with Gasteiger partial charge in [0.25, 0.3) is 6.43 Å². The molecule has 0 amide bonds. The molecule has 78 valence electrons. The van der Waals surface area contributed by atoms with E-state index in [2.05, 4.69) is 4.98 Å². The van der Waals surface area contributed by atoms with E-state index in [0.29, 0.717) is 11.4 Å². The Morgan fingerprint density at radius 3 is 2.64 bits per heavy atom. The van der Waals surface area contributed by atoms with Gasteiger partial charge in [0.1, 0.15) is 11.4 Å². The molecule has 0 aromatic carbocycles. The molecular weight excluding hydrogens is 190 g/mol. The van der Waals surface area contributed by atoms with Crippen LogP contribution in [0, 0.1) is 6.92 Å². The maximum Gasteiger partial charge on any atom is 0.280 e. The van der Waals surface area contributed by atoms with Gasteiger partial charge in [-0.3, -0.25) is 4.98 Å². The fourth-order valence-corrected chi connectivity index (χ4v) is 1.26. The van der Waals surface area contributed by atoms with E-state index in [-0.39, 0.29) is 17.8 Å². The van der Waals surface area contributed by atoms with Crippen molar-refractivity contribution < 1.29 is 13.5 Å². The second-order valence-electron chi connectivity index (χ2n) is 2.83. The Bertz CT molecular complexity index is 329. The van der Waals surface area contributed by atoms with E-state index in [9.17, 15) is 8.78 Å². The summed E-state index contributed by atoms with van der Waals surface area (Å²) in [5, 5.41) is 0. The molecule has 0 atom stereocenters. The summed E-state index contributed by atoms with van der Waals surface area (Å²) in [5.41, 5.74) is 5.84. The molecule has 2 N–H and O–H groups in total. The Labute approximate surface area is 80.9 Å². The Morgan fingerprint density at radius 2 is 2.21 bits per heavy atom. The Hall–Kier alpha value is -1.23. The lowest BCUT2D eigenvalue weighted by Gasteiger charge is -2.12. The van der Waals surface area contributed by atoms with Gasteiger partial charge in [0.05, 0.1) is 7.11 Å². The number of pyridine rings is 1. The number of hydrogen-bond acceptors (Lipinski definition) is 3. The van der Waals surface area contributed by atoms with Gasteiger partial charge >= 0.3 is 0 Å². The van der Waals surface area contributed by atoms with E-state index in [0.717, 1.165) is 0 Å². The Balaban J connectivity index is 3.31. The van der Waals surface area contributed by atoms with E-state index in [4.69, 9.17) is 10.5 Å². The fraction of sp³-hybridized carbons (Fsp3) is 0.444. The zero-order valence-corrected chi connectivity index (χ0v) is 8.05. The molecule has 0 aliphatic heterocycles. The van der Waals surface area contributed by atoms with Crippen molar-refractivity contribution in [3.8, 4) is 5.75 Å². The van der Waals surface area contributed by atoms with Gasteiger partial charge in [-0.25, -0.2) is 8.78 Å². The molecule has 1 aromatic heterocycles. The van der Waals surface area contributed by atoms with Crippen molar-refractivity contribution in [2.75, 3.05) is 7.11 Å². The first-order valence-corrected chi connectivity index (χ1v) is 4.12. The zero-order valence-electron chi connectivity index (χ0n) is 8.05. The van der Waals surface area contributed by atoms with Crippen LogP contribution in [-0.4, -0.2) is 12.1 Å². The number of nitrogens with zero attached hydrogens (tertiary/aromatic N) is 1. The highest BCUT2D eigenvalue weighted by Gasteiger charge is 2.18. The van der Waals surface area contributed by atoms with E-state index >= 15 is 0 Å². The van der Waals surface area contributed by atoms with Crippen molar-refractivity contribution in [2.24, 2.45) is 5.73 Å². The summed E-state index contributed by atoms with van der Waals surface area (Å²) in [5.74, 6) is 0.371. The number of alkyl halides is 2. The van der Waals surface area contributed by atoms with Crippen LogP contribution in [0.1, 0.15) is 23.4 Å². The van der Waals surface area contributed by atoms with Crippen LogP contribution >= 0.6 is 0 Å². The molecule has 0 saturated heterocycles. The standard InChI is InChI=1S/C9H12F2N2O/c1-5-3-7(14-2)6(4-12)8(13-5)9(10)11/h3,9H,4,12H2,1-2H3. The largest absolute Gasteiger partial charge is 0.496 e. The van der Waals surface area contributed by atoms with Crippen LogP contribution in [0.5, 0.6) is 5.75 Å². The average molecular weight is 202 g/mol. The SMILES string of the molecule is COc1cc(C)nc(C(F)F)c1CN. The smallest absolute Gasteiger partial charge is 0.280 e. The second kappa shape index (κ2) is 4.32. The van der Waals surface area contributed by atoms with Crippen molar-refractivity contribution in [3.63, 3.8) is 0 Å². The second-order valence-corrected chi connectivity index (χ2v) is 2.83. The number of rotatable bonds is 3.